The molecule has 2 N–H and O–H groups in total. The average Bonchev–Trinajstić information content (AvgIpc) is 2.89. The van der Waals surface area contributed by atoms with E-state index >= 15 is 0 Å². The monoisotopic (exact) mass is 337 g/mol. The van der Waals surface area contributed by atoms with Crippen molar-refractivity contribution >= 4 is 33.2 Å². The highest BCUT2D eigenvalue weighted by Gasteiger charge is 2.24. The zero-order valence-electron chi connectivity index (χ0n) is 10.2. The van der Waals surface area contributed by atoms with E-state index in [0.717, 1.165) is 12.1 Å². The molecule has 1 atom stereocenters. The van der Waals surface area contributed by atoms with Crippen molar-refractivity contribution in [2.45, 2.75) is 17.9 Å². The van der Waals surface area contributed by atoms with Crippen LogP contribution < -0.4 is 4.72 Å². The first-order valence-electron chi connectivity index (χ1n) is 5.48. The number of nitrogens with one attached hydrogen (secondary N) is 2. The third-order valence-corrected chi connectivity index (χ3v) is 4.91. The van der Waals surface area contributed by atoms with E-state index in [1.54, 1.807) is 13.1 Å². The summed E-state index contributed by atoms with van der Waals surface area (Å²) >= 11 is 11.2. The molecule has 1 aromatic heterocycles. The normalized spacial score (nSPS) is 13.4. The molecule has 5 nitrogen and oxygen atoms in total. The number of benzene rings is 1. The molecule has 0 aliphatic carbocycles. The third-order valence-electron chi connectivity index (χ3n) is 2.55. The zero-order chi connectivity index (χ0) is 14.9. The predicted molar refractivity (Wildman–Crippen MR) is 73.7 cm³/mol. The smallest absolute Gasteiger partial charge is 0.242 e. The van der Waals surface area contributed by atoms with Gasteiger partial charge in [0.05, 0.1) is 16.1 Å². The molecular weight excluding hydrogens is 328 g/mol. The standard InChI is InChI=1S/C11H10Cl2FN3O2S/c1-6(11-15-4-5-16-11)17-20(18,19)8-3-2-7(12)10(14)9(8)13/h2-6,17H,1H3,(H,15,16). The minimum atomic E-state index is -4.00. The topological polar surface area (TPSA) is 74.8 Å². The van der Waals surface area contributed by atoms with Gasteiger partial charge in [-0.2, -0.15) is 0 Å². The van der Waals surface area contributed by atoms with Gasteiger partial charge in [0.15, 0.2) is 5.82 Å². The SMILES string of the molecule is CC(NS(=O)(=O)c1ccc(Cl)c(F)c1Cl)c1ncc[nH]1. The number of hydrogen-bond donors (Lipinski definition) is 2. The van der Waals surface area contributed by atoms with Crippen LogP contribution in [0.5, 0.6) is 0 Å². The van der Waals surface area contributed by atoms with Crippen LogP contribution in [-0.2, 0) is 10.0 Å². The largest absolute Gasteiger partial charge is 0.347 e. The molecule has 0 fully saturated rings. The maximum Gasteiger partial charge on any atom is 0.242 e. The van der Waals surface area contributed by atoms with Crippen molar-refractivity contribution in [1.82, 2.24) is 14.7 Å². The number of aromatic amines is 1. The summed E-state index contributed by atoms with van der Waals surface area (Å²) in [6.07, 6.45) is 3.06. The number of rotatable bonds is 4. The van der Waals surface area contributed by atoms with Crippen molar-refractivity contribution in [2.24, 2.45) is 0 Å². The van der Waals surface area contributed by atoms with E-state index < -0.39 is 26.9 Å². The highest BCUT2D eigenvalue weighted by molar-refractivity contribution is 7.89. The van der Waals surface area contributed by atoms with Gasteiger partial charge in [0.1, 0.15) is 10.7 Å². The first-order valence-corrected chi connectivity index (χ1v) is 7.72. The van der Waals surface area contributed by atoms with E-state index in [1.165, 1.54) is 6.20 Å². The summed E-state index contributed by atoms with van der Waals surface area (Å²) in [4.78, 5) is 6.34. The van der Waals surface area contributed by atoms with Gasteiger partial charge in [-0.3, -0.25) is 0 Å². The Kier molecular flexibility index (Phi) is 4.33. The Hall–Kier alpha value is -1.15. The molecule has 0 radical (unpaired) electrons. The van der Waals surface area contributed by atoms with Crippen LogP contribution in [0.4, 0.5) is 4.39 Å². The van der Waals surface area contributed by atoms with Crippen LogP contribution in [-0.4, -0.2) is 18.4 Å². The van der Waals surface area contributed by atoms with Crippen LogP contribution in [0.3, 0.4) is 0 Å². The minimum Gasteiger partial charge on any atom is -0.347 e. The first-order chi connectivity index (χ1) is 9.33. The van der Waals surface area contributed by atoms with Gasteiger partial charge in [-0.15, -0.1) is 0 Å². The van der Waals surface area contributed by atoms with Crippen molar-refractivity contribution in [3.05, 3.63) is 46.2 Å². The van der Waals surface area contributed by atoms with Crippen LogP contribution in [0.15, 0.2) is 29.4 Å². The molecule has 0 aliphatic rings. The number of hydrogen-bond acceptors (Lipinski definition) is 3. The van der Waals surface area contributed by atoms with E-state index in [1.807, 2.05) is 0 Å². The van der Waals surface area contributed by atoms with E-state index in [4.69, 9.17) is 23.2 Å². The quantitative estimate of drug-likeness (QED) is 0.842. The van der Waals surface area contributed by atoms with Gasteiger partial charge in [0.25, 0.3) is 0 Å². The molecule has 0 aliphatic heterocycles. The lowest BCUT2D eigenvalue weighted by atomic mass is 10.3. The summed E-state index contributed by atoms with van der Waals surface area (Å²) in [5.74, 6) is -0.541. The second-order valence-corrected chi connectivity index (χ2v) is 6.46. The summed E-state index contributed by atoms with van der Waals surface area (Å²) in [6, 6.07) is 1.66. The predicted octanol–water partition coefficient (Wildman–Crippen LogP) is 2.90. The molecule has 0 bridgehead atoms. The Bertz CT molecular complexity index is 720. The van der Waals surface area contributed by atoms with E-state index in [0.29, 0.717) is 5.82 Å². The molecule has 2 rings (SSSR count). The molecule has 0 saturated heterocycles. The molecule has 1 aromatic carbocycles. The Morgan fingerprint density at radius 2 is 2.10 bits per heavy atom. The van der Waals surface area contributed by atoms with Gasteiger partial charge in [0.2, 0.25) is 10.0 Å². The van der Waals surface area contributed by atoms with E-state index in [9.17, 15) is 12.8 Å². The van der Waals surface area contributed by atoms with Gasteiger partial charge in [0, 0.05) is 12.4 Å². The maximum atomic E-state index is 13.6. The molecular formula is C11H10Cl2FN3O2S. The fourth-order valence-corrected chi connectivity index (χ4v) is 3.53. The number of halogens is 3. The molecule has 108 valence electrons. The number of H-pyrrole nitrogens is 1. The summed E-state index contributed by atoms with van der Waals surface area (Å²) in [5.41, 5.74) is 0. The summed E-state index contributed by atoms with van der Waals surface area (Å²) in [7, 11) is -4.00. The van der Waals surface area contributed by atoms with Crippen molar-refractivity contribution in [3.8, 4) is 0 Å². The van der Waals surface area contributed by atoms with E-state index in [-0.39, 0.29) is 9.92 Å². The fourth-order valence-electron chi connectivity index (χ4n) is 1.58. The lowest BCUT2D eigenvalue weighted by Crippen LogP contribution is -2.28. The second-order valence-electron chi connectivity index (χ2n) is 3.99. The van der Waals surface area contributed by atoms with E-state index in [2.05, 4.69) is 14.7 Å². The highest BCUT2D eigenvalue weighted by atomic mass is 35.5. The van der Waals surface area contributed by atoms with Crippen LogP contribution in [0.2, 0.25) is 10.0 Å². The summed E-state index contributed by atoms with van der Waals surface area (Å²) in [5, 5.41) is -0.787. The molecule has 0 spiro atoms. The Morgan fingerprint density at radius 1 is 1.40 bits per heavy atom. The second kappa shape index (κ2) is 5.69. The van der Waals surface area contributed by atoms with Crippen molar-refractivity contribution in [2.75, 3.05) is 0 Å². The number of nitrogens with zero attached hydrogens (tertiary/aromatic N) is 1. The van der Waals surface area contributed by atoms with Gasteiger partial charge >= 0.3 is 0 Å². The van der Waals surface area contributed by atoms with Crippen LogP contribution >= 0.6 is 23.2 Å². The van der Waals surface area contributed by atoms with Gasteiger partial charge in [-0.25, -0.2) is 22.5 Å². The van der Waals surface area contributed by atoms with Crippen LogP contribution in [0.1, 0.15) is 18.8 Å². The molecule has 20 heavy (non-hydrogen) atoms. The van der Waals surface area contributed by atoms with Crippen LogP contribution in [0.25, 0.3) is 0 Å². The van der Waals surface area contributed by atoms with Crippen molar-refractivity contribution < 1.29 is 12.8 Å². The van der Waals surface area contributed by atoms with Gasteiger partial charge in [-0.1, -0.05) is 23.2 Å². The number of imidazole rings is 1. The maximum absolute atomic E-state index is 13.6. The summed E-state index contributed by atoms with van der Waals surface area (Å²) < 4.78 is 40.3. The van der Waals surface area contributed by atoms with Gasteiger partial charge in [-0.05, 0) is 19.1 Å². The Balaban J connectivity index is 2.34. The highest BCUT2D eigenvalue weighted by Crippen LogP contribution is 2.30. The molecule has 1 heterocycles. The fraction of sp³-hybridized carbons (Fsp3) is 0.182. The van der Waals surface area contributed by atoms with Gasteiger partial charge < -0.3 is 4.98 Å². The lowest BCUT2D eigenvalue weighted by molar-refractivity contribution is 0.558. The third kappa shape index (κ3) is 2.95. The summed E-state index contributed by atoms with van der Waals surface area (Å²) in [6.45, 7) is 1.59. The lowest BCUT2D eigenvalue weighted by Gasteiger charge is -2.13. The van der Waals surface area contributed by atoms with Crippen LogP contribution in [0, 0.1) is 5.82 Å². The minimum absolute atomic E-state index is 0.243. The molecule has 9 heteroatoms. The Labute approximate surface area is 125 Å². The molecule has 0 saturated carbocycles. The average molecular weight is 338 g/mol. The van der Waals surface area contributed by atoms with Crippen molar-refractivity contribution in [1.29, 1.82) is 0 Å². The number of aromatic nitrogens is 2. The van der Waals surface area contributed by atoms with Crippen molar-refractivity contribution in [3.63, 3.8) is 0 Å². The zero-order valence-corrected chi connectivity index (χ0v) is 12.5. The molecule has 0 amide bonds. The first kappa shape index (κ1) is 15.2. The molecule has 2 aromatic rings. The number of sulfonamides is 1. The Morgan fingerprint density at radius 3 is 2.70 bits per heavy atom. The molecule has 1 unspecified atom stereocenters.